The van der Waals surface area contributed by atoms with Crippen molar-refractivity contribution < 1.29 is 9.53 Å². The van der Waals surface area contributed by atoms with Crippen LogP contribution in [0.2, 0.25) is 5.02 Å². The molecule has 32 heavy (non-hydrogen) atoms. The first-order valence-electron chi connectivity index (χ1n) is 10.6. The summed E-state index contributed by atoms with van der Waals surface area (Å²) in [7, 11) is 0. The zero-order valence-corrected chi connectivity index (χ0v) is 20.3. The maximum Gasteiger partial charge on any atom is 0.262 e. The second kappa shape index (κ2) is 11.0. The number of thioether (sulfide) groups is 1. The molecule has 1 atom stereocenters. The molecule has 0 fully saturated rings. The Bertz CT molecular complexity index is 1180. The third kappa shape index (κ3) is 5.91. The predicted octanol–water partition coefficient (Wildman–Crippen LogP) is 5.21. The van der Waals surface area contributed by atoms with Crippen molar-refractivity contribution in [2.75, 3.05) is 18.5 Å². The fourth-order valence-corrected chi connectivity index (χ4v) is 4.43. The average Bonchev–Trinajstić information content (AvgIpc) is 2.74. The van der Waals surface area contributed by atoms with Gasteiger partial charge in [-0.15, -0.1) is 0 Å². The van der Waals surface area contributed by atoms with Crippen LogP contribution in [-0.4, -0.2) is 33.9 Å². The second-order valence-electron chi connectivity index (χ2n) is 7.63. The van der Waals surface area contributed by atoms with Crippen LogP contribution in [0, 0.1) is 13.8 Å². The monoisotopic (exact) mass is 473 g/mol. The standard InChI is InChI=1S/C24H28ClN3O3S/c1-5-31-12-6-11-28-23(30)19-9-8-18(25)14-21(19)27-24(28)32-17(4)22(29)26-20-10-7-15(2)13-16(20)3/h7-10,13-14,17H,5-6,11-12H2,1-4H3,(H,26,29). The van der Waals surface area contributed by atoms with Crippen molar-refractivity contribution in [3.05, 3.63) is 62.9 Å². The Hall–Kier alpha value is -2.35. The fourth-order valence-electron chi connectivity index (χ4n) is 3.33. The summed E-state index contributed by atoms with van der Waals surface area (Å²) in [5, 5.41) is 4.02. The molecule has 0 saturated carbocycles. The largest absolute Gasteiger partial charge is 0.382 e. The van der Waals surface area contributed by atoms with E-state index in [1.807, 2.05) is 45.9 Å². The summed E-state index contributed by atoms with van der Waals surface area (Å²) in [5.41, 5.74) is 3.29. The molecule has 1 amide bonds. The molecule has 3 rings (SSSR count). The Morgan fingerprint density at radius 1 is 1.25 bits per heavy atom. The molecule has 1 aromatic heterocycles. The van der Waals surface area contributed by atoms with Crippen molar-refractivity contribution in [2.45, 2.75) is 51.1 Å². The molecule has 170 valence electrons. The smallest absolute Gasteiger partial charge is 0.262 e. The van der Waals surface area contributed by atoms with E-state index in [-0.39, 0.29) is 11.5 Å². The summed E-state index contributed by atoms with van der Waals surface area (Å²) in [6.45, 7) is 9.35. The molecule has 0 aliphatic heterocycles. The summed E-state index contributed by atoms with van der Waals surface area (Å²) in [4.78, 5) is 30.7. The minimum atomic E-state index is -0.461. The van der Waals surface area contributed by atoms with Gasteiger partial charge in [0.05, 0.1) is 16.2 Å². The second-order valence-corrected chi connectivity index (χ2v) is 9.38. The van der Waals surface area contributed by atoms with Gasteiger partial charge in [0.1, 0.15) is 0 Å². The molecule has 1 heterocycles. The number of aromatic nitrogens is 2. The first-order valence-corrected chi connectivity index (χ1v) is 11.9. The number of anilines is 1. The molecule has 3 aromatic rings. The third-order valence-electron chi connectivity index (χ3n) is 5.05. The van der Waals surface area contributed by atoms with Crippen LogP contribution < -0.4 is 10.9 Å². The van der Waals surface area contributed by atoms with Crippen molar-refractivity contribution in [1.82, 2.24) is 9.55 Å². The van der Waals surface area contributed by atoms with Gasteiger partial charge in [-0.1, -0.05) is 41.1 Å². The SMILES string of the molecule is CCOCCCn1c(SC(C)C(=O)Nc2ccc(C)cc2C)nc2cc(Cl)ccc2c1=O. The van der Waals surface area contributed by atoms with Crippen LogP contribution in [0.1, 0.15) is 31.4 Å². The van der Waals surface area contributed by atoms with Crippen LogP contribution in [0.15, 0.2) is 46.3 Å². The molecule has 0 aliphatic carbocycles. The van der Waals surface area contributed by atoms with Crippen LogP contribution in [-0.2, 0) is 16.1 Å². The minimum absolute atomic E-state index is 0.146. The van der Waals surface area contributed by atoms with E-state index < -0.39 is 5.25 Å². The van der Waals surface area contributed by atoms with Gasteiger partial charge in [0.2, 0.25) is 5.91 Å². The Balaban J connectivity index is 1.87. The van der Waals surface area contributed by atoms with Gasteiger partial charge in [0, 0.05) is 30.5 Å². The normalized spacial score (nSPS) is 12.2. The Morgan fingerprint density at radius 2 is 2.03 bits per heavy atom. The van der Waals surface area contributed by atoms with E-state index in [0.717, 1.165) is 16.8 Å². The van der Waals surface area contributed by atoms with Crippen molar-refractivity contribution in [3.8, 4) is 0 Å². The van der Waals surface area contributed by atoms with E-state index in [0.29, 0.717) is 47.3 Å². The number of nitrogens with zero attached hydrogens (tertiary/aromatic N) is 2. The zero-order valence-electron chi connectivity index (χ0n) is 18.8. The topological polar surface area (TPSA) is 73.2 Å². The Labute approximate surface area is 197 Å². The number of halogens is 1. The van der Waals surface area contributed by atoms with E-state index in [9.17, 15) is 9.59 Å². The molecule has 6 nitrogen and oxygen atoms in total. The number of carbonyl (C=O) groups is 1. The number of hydrogen-bond acceptors (Lipinski definition) is 5. The highest BCUT2D eigenvalue weighted by atomic mass is 35.5. The molecule has 0 aliphatic rings. The van der Waals surface area contributed by atoms with Gasteiger partial charge in [-0.25, -0.2) is 4.98 Å². The van der Waals surface area contributed by atoms with E-state index in [1.54, 1.807) is 22.8 Å². The maximum absolute atomic E-state index is 13.2. The average molecular weight is 474 g/mol. The van der Waals surface area contributed by atoms with E-state index >= 15 is 0 Å². The van der Waals surface area contributed by atoms with E-state index in [2.05, 4.69) is 10.3 Å². The lowest BCUT2D eigenvalue weighted by molar-refractivity contribution is -0.115. The zero-order chi connectivity index (χ0) is 23.3. The highest BCUT2D eigenvalue weighted by Gasteiger charge is 2.20. The Morgan fingerprint density at radius 3 is 2.75 bits per heavy atom. The first kappa shape index (κ1) is 24.3. The van der Waals surface area contributed by atoms with Crippen molar-refractivity contribution in [3.63, 3.8) is 0 Å². The third-order valence-corrected chi connectivity index (χ3v) is 6.37. The number of aryl methyl sites for hydroxylation is 2. The van der Waals surface area contributed by atoms with Crippen molar-refractivity contribution in [1.29, 1.82) is 0 Å². The lowest BCUT2D eigenvalue weighted by Gasteiger charge is -2.17. The molecule has 0 radical (unpaired) electrons. The van der Waals surface area contributed by atoms with Crippen molar-refractivity contribution in [2.24, 2.45) is 0 Å². The fraction of sp³-hybridized carbons (Fsp3) is 0.375. The lowest BCUT2D eigenvalue weighted by Crippen LogP contribution is -2.27. The molecule has 2 aromatic carbocycles. The summed E-state index contributed by atoms with van der Waals surface area (Å²) in [6, 6.07) is 10.9. The molecule has 0 saturated heterocycles. The highest BCUT2D eigenvalue weighted by molar-refractivity contribution is 8.00. The molecular formula is C24H28ClN3O3S. The van der Waals surface area contributed by atoms with Crippen molar-refractivity contribution >= 4 is 45.9 Å². The molecule has 1 unspecified atom stereocenters. The van der Waals surface area contributed by atoms with E-state index in [4.69, 9.17) is 16.3 Å². The maximum atomic E-state index is 13.2. The number of fused-ring (bicyclic) bond motifs is 1. The molecule has 1 N–H and O–H groups in total. The number of benzene rings is 2. The van der Waals surface area contributed by atoms with Gasteiger partial charge in [0.25, 0.3) is 5.56 Å². The van der Waals surface area contributed by atoms with E-state index in [1.165, 1.54) is 11.8 Å². The quantitative estimate of drug-likeness (QED) is 0.262. The van der Waals surface area contributed by atoms with Crippen LogP contribution in [0.3, 0.4) is 0 Å². The highest BCUT2D eigenvalue weighted by Crippen LogP contribution is 2.26. The van der Waals surface area contributed by atoms with Gasteiger partial charge in [0.15, 0.2) is 5.16 Å². The summed E-state index contributed by atoms with van der Waals surface area (Å²) in [6.07, 6.45) is 0.672. The van der Waals surface area contributed by atoms with Gasteiger partial charge < -0.3 is 10.1 Å². The number of hydrogen-bond donors (Lipinski definition) is 1. The molecule has 0 bridgehead atoms. The molecule has 8 heteroatoms. The van der Waals surface area contributed by atoms with Crippen LogP contribution in [0.4, 0.5) is 5.69 Å². The van der Waals surface area contributed by atoms with Gasteiger partial charge >= 0.3 is 0 Å². The summed E-state index contributed by atoms with van der Waals surface area (Å²) in [5.74, 6) is -0.150. The van der Waals surface area contributed by atoms with Crippen LogP contribution >= 0.6 is 23.4 Å². The van der Waals surface area contributed by atoms with Gasteiger partial charge in [-0.2, -0.15) is 0 Å². The summed E-state index contributed by atoms with van der Waals surface area (Å²) >= 11 is 7.38. The minimum Gasteiger partial charge on any atom is -0.382 e. The molecule has 0 spiro atoms. The lowest BCUT2D eigenvalue weighted by atomic mass is 10.1. The predicted molar refractivity (Wildman–Crippen MR) is 132 cm³/mol. The number of ether oxygens (including phenoxy) is 1. The molecular weight excluding hydrogens is 446 g/mol. The van der Waals surface area contributed by atoms with Crippen LogP contribution in [0.5, 0.6) is 0 Å². The van der Waals surface area contributed by atoms with Gasteiger partial charge in [-0.05, 0) is 63.9 Å². The Kier molecular flexibility index (Phi) is 8.34. The number of carbonyl (C=O) groups excluding carboxylic acids is 1. The van der Waals surface area contributed by atoms with Crippen LogP contribution in [0.25, 0.3) is 10.9 Å². The number of rotatable bonds is 9. The van der Waals surface area contributed by atoms with Gasteiger partial charge in [-0.3, -0.25) is 14.2 Å². The first-order chi connectivity index (χ1) is 15.3. The number of amides is 1. The summed E-state index contributed by atoms with van der Waals surface area (Å²) < 4.78 is 7.05. The number of nitrogens with one attached hydrogen (secondary N) is 1.